The Labute approximate surface area is 247 Å². The molecule has 0 saturated heterocycles. The van der Waals surface area contributed by atoms with Crippen LogP contribution >= 0.6 is 0 Å². The lowest BCUT2D eigenvalue weighted by molar-refractivity contribution is -0.150. The maximum atomic E-state index is 12.6. The van der Waals surface area contributed by atoms with Gasteiger partial charge in [-0.25, -0.2) is 0 Å². The van der Waals surface area contributed by atoms with Gasteiger partial charge >= 0.3 is 5.97 Å². The molecule has 0 aliphatic heterocycles. The van der Waals surface area contributed by atoms with Crippen molar-refractivity contribution in [3.8, 4) is 0 Å². The van der Waals surface area contributed by atoms with Crippen molar-refractivity contribution in [3.05, 3.63) is 0 Å². The fraction of sp³-hybridized carbons (Fsp3) is 0.973. The molecule has 39 heavy (non-hydrogen) atoms. The van der Waals surface area contributed by atoms with Gasteiger partial charge in [-0.05, 0) is 38.0 Å². The Hall–Kier alpha value is -0.530. The number of rotatable bonds is 32. The molecule has 0 aromatic carbocycles. The quantitative estimate of drug-likeness (QED) is 0.0615. The molecule has 0 aromatic rings. The van der Waals surface area contributed by atoms with E-state index in [1.165, 1.54) is 167 Å². The molecule has 0 spiro atoms. The Kier molecular flexibility index (Phi) is 31.6. The maximum absolute atomic E-state index is 12.6. The van der Waals surface area contributed by atoms with Crippen LogP contribution in [0.5, 0.6) is 0 Å². The third-order valence-electron chi connectivity index (χ3n) is 8.47. The highest BCUT2D eigenvalue weighted by Gasteiger charge is 2.14. The predicted molar refractivity (Wildman–Crippen MR) is 175 cm³/mol. The van der Waals surface area contributed by atoms with Crippen LogP contribution in [0.25, 0.3) is 0 Å². The lowest BCUT2D eigenvalue weighted by Gasteiger charge is -2.18. The lowest BCUT2D eigenvalue weighted by Crippen LogP contribution is -2.18. The summed E-state index contributed by atoms with van der Waals surface area (Å²) >= 11 is 0. The minimum atomic E-state index is 0.0689. The molecule has 1 atom stereocenters. The number of carbonyl (C=O) groups is 1. The second kappa shape index (κ2) is 32.0. The average Bonchev–Trinajstić information content (AvgIpc) is 2.91. The van der Waals surface area contributed by atoms with E-state index in [2.05, 4.69) is 27.7 Å². The fourth-order valence-electron chi connectivity index (χ4n) is 5.75. The molecular weight excluding hydrogens is 476 g/mol. The van der Waals surface area contributed by atoms with Crippen LogP contribution in [0.3, 0.4) is 0 Å². The minimum absolute atomic E-state index is 0.0689. The van der Waals surface area contributed by atoms with Crippen LogP contribution in [-0.4, -0.2) is 12.1 Å². The number of ether oxygens (including phenoxy) is 1. The van der Waals surface area contributed by atoms with Crippen LogP contribution in [0.4, 0.5) is 0 Å². The van der Waals surface area contributed by atoms with Gasteiger partial charge in [0.15, 0.2) is 0 Å². The number of unbranched alkanes of at least 4 members (excludes halogenated alkanes) is 23. The summed E-state index contributed by atoms with van der Waals surface area (Å²) in [6.07, 6.45) is 39.1. The summed E-state index contributed by atoms with van der Waals surface area (Å²) in [5, 5.41) is 0. The summed E-state index contributed by atoms with van der Waals surface area (Å²) in [6, 6.07) is 0. The average molecular weight is 551 g/mol. The zero-order valence-corrected chi connectivity index (χ0v) is 27.7. The summed E-state index contributed by atoms with van der Waals surface area (Å²) in [7, 11) is 0. The van der Waals surface area contributed by atoms with Crippen LogP contribution in [0, 0.1) is 5.92 Å². The molecule has 234 valence electrons. The lowest BCUT2D eigenvalue weighted by atomic mass is 10.0. The van der Waals surface area contributed by atoms with Crippen molar-refractivity contribution in [2.24, 2.45) is 5.92 Å². The first kappa shape index (κ1) is 38.5. The number of esters is 1. The van der Waals surface area contributed by atoms with Crippen molar-refractivity contribution in [3.63, 3.8) is 0 Å². The topological polar surface area (TPSA) is 26.3 Å². The van der Waals surface area contributed by atoms with Crippen molar-refractivity contribution in [2.75, 3.05) is 0 Å². The Morgan fingerprint density at radius 3 is 1.10 bits per heavy atom. The third-order valence-corrected chi connectivity index (χ3v) is 8.47. The van der Waals surface area contributed by atoms with E-state index in [1.54, 1.807) is 0 Å². The summed E-state index contributed by atoms with van der Waals surface area (Å²) < 4.78 is 6.02. The van der Waals surface area contributed by atoms with Gasteiger partial charge < -0.3 is 4.74 Å². The van der Waals surface area contributed by atoms with Gasteiger partial charge in [0, 0.05) is 6.42 Å². The van der Waals surface area contributed by atoms with E-state index in [0.29, 0.717) is 6.42 Å². The Morgan fingerprint density at radius 1 is 0.436 bits per heavy atom. The van der Waals surface area contributed by atoms with Crippen molar-refractivity contribution in [1.82, 2.24) is 0 Å². The van der Waals surface area contributed by atoms with Crippen LogP contribution < -0.4 is 0 Å². The maximum Gasteiger partial charge on any atom is 0.306 e. The largest absolute Gasteiger partial charge is 0.462 e. The van der Waals surface area contributed by atoms with Crippen LogP contribution in [0.15, 0.2) is 0 Å². The second-order valence-electron chi connectivity index (χ2n) is 13.1. The van der Waals surface area contributed by atoms with Gasteiger partial charge in [0.2, 0.25) is 0 Å². The first-order chi connectivity index (χ1) is 19.1. The van der Waals surface area contributed by atoms with Crippen molar-refractivity contribution >= 4 is 5.97 Å². The summed E-state index contributed by atoms with van der Waals surface area (Å²) in [6.45, 7) is 9.22. The monoisotopic (exact) mass is 551 g/mol. The van der Waals surface area contributed by atoms with Gasteiger partial charge in [0.05, 0.1) is 0 Å². The van der Waals surface area contributed by atoms with Gasteiger partial charge in [0.1, 0.15) is 6.10 Å². The highest BCUT2D eigenvalue weighted by Crippen LogP contribution is 2.19. The zero-order chi connectivity index (χ0) is 28.7. The Balaban J connectivity index is 3.88. The predicted octanol–water partition coefficient (Wildman–Crippen LogP) is 13.3. The van der Waals surface area contributed by atoms with Crippen LogP contribution in [-0.2, 0) is 9.53 Å². The molecule has 0 heterocycles. The normalized spacial score (nSPS) is 12.3. The van der Waals surface area contributed by atoms with E-state index in [1.807, 2.05) is 0 Å². The summed E-state index contributed by atoms with van der Waals surface area (Å²) in [5.41, 5.74) is 0. The second-order valence-corrected chi connectivity index (χ2v) is 13.1. The molecule has 0 aliphatic rings. The molecule has 2 nitrogen and oxygen atoms in total. The molecule has 0 fully saturated rings. The highest BCUT2D eigenvalue weighted by molar-refractivity contribution is 5.69. The Bertz CT molecular complexity index is 472. The molecule has 0 aliphatic carbocycles. The van der Waals surface area contributed by atoms with E-state index in [9.17, 15) is 4.79 Å². The standard InChI is InChI=1S/C37H74O2/c1-5-7-9-11-13-17-21-25-29-33-36(32-28-24-12-10-8-6-2)39-37(38)34-30-26-22-19-16-14-15-18-20-23-27-31-35(3)4/h35-36H,5-34H2,1-4H3. The summed E-state index contributed by atoms with van der Waals surface area (Å²) in [5.74, 6) is 0.933. The van der Waals surface area contributed by atoms with Crippen molar-refractivity contribution in [1.29, 1.82) is 0 Å². The number of carbonyl (C=O) groups excluding carboxylic acids is 1. The number of hydrogen-bond acceptors (Lipinski definition) is 2. The third kappa shape index (κ3) is 31.9. The number of hydrogen-bond donors (Lipinski definition) is 0. The molecule has 0 amide bonds. The molecule has 0 saturated carbocycles. The Morgan fingerprint density at radius 2 is 0.744 bits per heavy atom. The fourth-order valence-corrected chi connectivity index (χ4v) is 5.75. The summed E-state index contributed by atoms with van der Waals surface area (Å²) in [4.78, 5) is 12.6. The van der Waals surface area contributed by atoms with Crippen molar-refractivity contribution < 1.29 is 9.53 Å². The SMILES string of the molecule is CCCCCCCCCCCC(CCCCCCCC)OC(=O)CCCCCCCCCCCCCC(C)C. The van der Waals surface area contributed by atoms with E-state index in [4.69, 9.17) is 4.74 Å². The van der Waals surface area contributed by atoms with Crippen molar-refractivity contribution in [2.45, 2.75) is 226 Å². The molecule has 2 heteroatoms. The molecule has 0 rings (SSSR count). The van der Waals surface area contributed by atoms with Gasteiger partial charge in [-0.15, -0.1) is 0 Å². The van der Waals surface area contributed by atoms with Gasteiger partial charge in [-0.1, -0.05) is 182 Å². The van der Waals surface area contributed by atoms with Crippen LogP contribution in [0.1, 0.15) is 220 Å². The molecule has 0 radical (unpaired) electrons. The van der Waals surface area contributed by atoms with E-state index < -0.39 is 0 Å². The zero-order valence-electron chi connectivity index (χ0n) is 27.7. The van der Waals surface area contributed by atoms with Gasteiger partial charge in [-0.2, -0.15) is 0 Å². The molecule has 0 aromatic heterocycles. The van der Waals surface area contributed by atoms with E-state index in [-0.39, 0.29) is 12.1 Å². The first-order valence-corrected chi connectivity index (χ1v) is 18.3. The first-order valence-electron chi connectivity index (χ1n) is 18.3. The molecule has 0 N–H and O–H groups in total. The minimum Gasteiger partial charge on any atom is -0.462 e. The molecular formula is C37H74O2. The van der Waals surface area contributed by atoms with E-state index in [0.717, 1.165) is 25.2 Å². The van der Waals surface area contributed by atoms with E-state index >= 15 is 0 Å². The van der Waals surface area contributed by atoms with Gasteiger partial charge in [-0.3, -0.25) is 4.79 Å². The highest BCUT2D eigenvalue weighted by atomic mass is 16.5. The van der Waals surface area contributed by atoms with Gasteiger partial charge in [0.25, 0.3) is 0 Å². The molecule has 1 unspecified atom stereocenters. The smallest absolute Gasteiger partial charge is 0.306 e. The molecule has 0 bridgehead atoms. The van der Waals surface area contributed by atoms with Crippen LogP contribution in [0.2, 0.25) is 0 Å².